The number of halogens is 1. The van der Waals surface area contributed by atoms with Crippen LogP contribution >= 0.6 is 15.9 Å². The zero-order valence-electron chi connectivity index (χ0n) is 13.2. The second kappa shape index (κ2) is 6.39. The predicted octanol–water partition coefficient (Wildman–Crippen LogP) is 4.92. The second-order valence-corrected chi connectivity index (χ2v) is 8.27. The molecule has 0 fully saturated rings. The van der Waals surface area contributed by atoms with E-state index in [9.17, 15) is 4.79 Å². The van der Waals surface area contributed by atoms with Gasteiger partial charge in [0, 0.05) is 4.83 Å². The van der Waals surface area contributed by atoms with E-state index in [2.05, 4.69) is 55.0 Å². The molecular weight excluding hydrogens is 330 g/mol. The molecule has 0 bridgehead atoms. The smallest absolute Gasteiger partial charge is 0.262 e. The lowest BCUT2D eigenvalue weighted by Crippen LogP contribution is -2.25. The van der Waals surface area contributed by atoms with Crippen molar-refractivity contribution in [2.24, 2.45) is 11.3 Å². The Balaban J connectivity index is 2.04. The Kier molecular flexibility index (Phi) is 4.97. The Hall–Kier alpha value is -1.03. The van der Waals surface area contributed by atoms with E-state index in [1.165, 1.54) is 12.0 Å². The van der Waals surface area contributed by atoms with Crippen molar-refractivity contribution in [1.29, 1.82) is 0 Å². The lowest BCUT2D eigenvalue weighted by molar-refractivity contribution is -0.118. The minimum Gasteiger partial charge on any atom is -0.482 e. The van der Waals surface area contributed by atoms with Crippen LogP contribution in [0.3, 0.4) is 0 Å². The number of alkyl halides is 1. The Labute approximate surface area is 135 Å². The van der Waals surface area contributed by atoms with Gasteiger partial charge in [0.1, 0.15) is 5.75 Å². The van der Waals surface area contributed by atoms with Gasteiger partial charge in [-0.3, -0.25) is 4.79 Å². The Bertz CT molecular complexity index is 522. The van der Waals surface area contributed by atoms with Crippen LogP contribution in [0.25, 0.3) is 0 Å². The van der Waals surface area contributed by atoms with Gasteiger partial charge < -0.3 is 10.1 Å². The number of carbonyl (C=O) groups is 1. The van der Waals surface area contributed by atoms with Gasteiger partial charge in [-0.1, -0.05) is 49.7 Å². The number of ether oxygens (including phenoxy) is 1. The number of benzene rings is 1. The zero-order valence-corrected chi connectivity index (χ0v) is 14.8. The third-order valence-corrected chi connectivity index (χ3v) is 4.47. The topological polar surface area (TPSA) is 38.3 Å². The third-order valence-electron chi connectivity index (χ3n) is 3.57. The van der Waals surface area contributed by atoms with Gasteiger partial charge in [0.05, 0.1) is 5.69 Å². The molecule has 1 aliphatic rings. The molecular formula is C17H24BrNO2. The molecule has 0 aromatic heterocycles. The molecule has 1 aliphatic heterocycles. The van der Waals surface area contributed by atoms with E-state index in [0.29, 0.717) is 16.2 Å². The molecule has 1 heterocycles. The fraction of sp³-hybridized carbons (Fsp3) is 0.588. The van der Waals surface area contributed by atoms with Gasteiger partial charge >= 0.3 is 0 Å². The average Bonchev–Trinajstić information content (AvgIpc) is 2.35. The highest BCUT2D eigenvalue weighted by Gasteiger charge is 2.21. The molecule has 3 nitrogen and oxygen atoms in total. The molecule has 0 aliphatic carbocycles. The first-order valence-corrected chi connectivity index (χ1v) is 8.37. The largest absolute Gasteiger partial charge is 0.482 e. The Morgan fingerprint density at radius 2 is 2.10 bits per heavy atom. The van der Waals surface area contributed by atoms with Crippen molar-refractivity contribution in [2.75, 3.05) is 11.9 Å². The number of hydrogen-bond donors (Lipinski definition) is 1. The van der Waals surface area contributed by atoms with E-state index in [1.54, 1.807) is 0 Å². The first-order valence-electron chi connectivity index (χ1n) is 7.45. The highest BCUT2D eigenvalue weighted by atomic mass is 79.9. The maximum Gasteiger partial charge on any atom is 0.262 e. The number of amides is 1. The van der Waals surface area contributed by atoms with Crippen LogP contribution in [0.2, 0.25) is 0 Å². The molecule has 0 saturated carbocycles. The summed E-state index contributed by atoms with van der Waals surface area (Å²) in [4.78, 5) is 11.7. The number of fused-ring (bicyclic) bond motifs is 1. The lowest BCUT2D eigenvalue weighted by Gasteiger charge is -2.25. The van der Waals surface area contributed by atoms with Gasteiger partial charge in [0.15, 0.2) is 6.61 Å². The van der Waals surface area contributed by atoms with Gasteiger partial charge in [-0.05, 0) is 41.9 Å². The van der Waals surface area contributed by atoms with Gasteiger partial charge in [0.2, 0.25) is 0 Å². The number of nitrogens with one attached hydrogen (secondary N) is 1. The summed E-state index contributed by atoms with van der Waals surface area (Å²) in [6.45, 7) is 9.23. The monoisotopic (exact) mass is 353 g/mol. The quantitative estimate of drug-likeness (QED) is 0.780. The normalized spacial score (nSPS) is 17.5. The van der Waals surface area contributed by atoms with Crippen LogP contribution in [-0.2, 0) is 4.79 Å². The summed E-state index contributed by atoms with van der Waals surface area (Å²) in [5, 5.41) is 2.86. The van der Waals surface area contributed by atoms with E-state index in [-0.39, 0.29) is 12.5 Å². The number of hydrogen-bond acceptors (Lipinski definition) is 2. The summed E-state index contributed by atoms with van der Waals surface area (Å²) >= 11 is 3.78. The average molecular weight is 354 g/mol. The van der Waals surface area contributed by atoms with Crippen LogP contribution in [0.15, 0.2) is 18.2 Å². The second-order valence-electron chi connectivity index (χ2n) is 7.17. The number of rotatable bonds is 4. The minimum absolute atomic E-state index is 0.0909. The van der Waals surface area contributed by atoms with Crippen LogP contribution in [-0.4, -0.2) is 12.5 Å². The summed E-state index contributed by atoms with van der Waals surface area (Å²) in [5.74, 6) is 1.30. The summed E-state index contributed by atoms with van der Waals surface area (Å²) < 4.78 is 5.39. The molecule has 1 N–H and O–H groups in total. The molecule has 2 rings (SSSR count). The molecule has 116 valence electrons. The molecule has 0 spiro atoms. The summed E-state index contributed by atoms with van der Waals surface area (Å²) in [6, 6.07) is 6.02. The van der Waals surface area contributed by atoms with Gasteiger partial charge in [-0.25, -0.2) is 0 Å². The number of carbonyl (C=O) groups excluding carboxylic acids is 1. The van der Waals surface area contributed by atoms with Crippen LogP contribution < -0.4 is 10.1 Å². The van der Waals surface area contributed by atoms with Gasteiger partial charge in [-0.2, -0.15) is 0 Å². The van der Waals surface area contributed by atoms with Crippen LogP contribution in [0, 0.1) is 11.3 Å². The first-order chi connectivity index (χ1) is 9.74. The van der Waals surface area contributed by atoms with Gasteiger partial charge in [0.25, 0.3) is 5.91 Å². The maximum absolute atomic E-state index is 11.4. The van der Waals surface area contributed by atoms with Crippen molar-refractivity contribution < 1.29 is 9.53 Å². The molecule has 0 saturated heterocycles. The fourth-order valence-electron chi connectivity index (χ4n) is 2.91. The van der Waals surface area contributed by atoms with Crippen LogP contribution in [0.4, 0.5) is 5.69 Å². The fourth-order valence-corrected chi connectivity index (χ4v) is 3.84. The standard InChI is InChI=1S/C17H24BrNO2/c1-11(9-17(2,3)4)7-13(18)12-5-6-15-14(8-12)19-16(20)10-21-15/h5-6,8,11,13H,7,9-10H2,1-4H3,(H,19,20). The van der Waals surface area contributed by atoms with Crippen molar-refractivity contribution in [3.8, 4) is 5.75 Å². The molecule has 0 radical (unpaired) electrons. The van der Waals surface area contributed by atoms with Crippen molar-refractivity contribution in [3.05, 3.63) is 23.8 Å². The van der Waals surface area contributed by atoms with Crippen molar-refractivity contribution in [3.63, 3.8) is 0 Å². The van der Waals surface area contributed by atoms with Crippen molar-refractivity contribution in [2.45, 2.75) is 45.4 Å². The first kappa shape index (κ1) is 16.3. The van der Waals surface area contributed by atoms with E-state index in [1.807, 2.05) is 12.1 Å². The SMILES string of the molecule is CC(CC(Br)c1ccc2c(c1)NC(=O)CO2)CC(C)(C)C. The summed E-state index contributed by atoms with van der Waals surface area (Å²) in [5.41, 5.74) is 2.31. The predicted molar refractivity (Wildman–Crippen MR) is 90.1 cm³/mol. The van der Waals surface area contributed by atoms with E-state index in [0.717, 1.165) is 17.9 Å². The van der Waals surface area contributed by atoms with E-state index in [4.69, 9.17) is 4.74 Å². The minimum atomic E-state index is -0.0909. The van der Waals surface area contributed by atoms with Crippen molar-refractivity contribution >= 4 is 27.5 Å². The molecule has 2 atom stereocenters. The molecule has 2 unspecified atom stereocenters. The third kappa shape index (κ3) is 4.73. The van der Waals surface area contributed by atoms with E-state index >= 15 is 0 Å². The lowest BCUT2D eigenvalue weighted by atomic mass is 9.83. The van der Waals surface area contributed by atoms with Crippen LogP contribution in [0.1, 0.15) is 50.9 Å². The zero-order chi connectivity index (χ0) is 15.6. The summed E-state index contributed by atoms with van der Waals surface area (Å²) in [6.07, 6.45) is 2.27. The molecule has 4 heteroatoms. The Morgan fingerprint density at radius 3 is 2.76 bits per heavy atom. The molecule has 1 aromatic rings. The van der Waals surface area contributed by atoms with E-state index < -0.39 is 0 Å². The molecule has 1 aromatic carbocycles. The maximum atomic E-state index is 11.4. The highest BCUT2D eigenvalue weighted by Crippen LogP contribution is 2.38. The summed E-state index contributed by atoms with van der Waals surface area (Å²) in [7, 11) is 0. The number of anilines is 1. The van der Waals surface area contributed by atoms with Crippen molar-refractivity contribution in [1.82, 2.24) is 0 Å². The highest BCUT2D eigenvalue weighted by molar-refractivity contribution is 9.09. The van der Waals surface area contributed by atoms with Crippen LogP contribution in [0.5, 0.6) is 5.75 Å². The Morgan fingerprint density at radius 1 is 1.38 bits per heavy atom. The molecule has 1 amide bonds. The molecule has 21 heavy (non-hydrogen) atoms. The van der Waals surface area contributed by atoms with Gasteiger partial charge in [-0.15, -0.1) is 0 Å².